The van der Waals surface area contributed by atoms with Crippen molar-refractivity contribution >= 4 is 28.5 Å². The Balaban J connectivity index is 0.00000128. The van der Waals surface area contributed by atoms with Crippen LogP contribution in [0.2, 0.25) is 5.02 Å². The molecule has 0 spiro atoms. The number of carboxylic acid groups (broad SMARTS) is 1. The third-order valence-electron chi connectivity index (χ3n) is 2.27. The molecule has 0 saturated carbocycles. The molecule has 3 nitrogen and oxygen atoms in total. The minimum absolute atomic E-state index is 0. The van der Waals surface area contributed by atoms with Gasteiger partial charge in [0.1, 0.15) is 5.58 Å². The summed E-state index contributed by atoms with van der Waals surface area (Å²) in [7, 11) is 0. The first-order valence-electron chi connectivity index (χ1n) is 4.44. The van der Waals surface area contributed by atoms with Crippen molar-refractivity contribution in [3.8, 4) is 0 Å². The number of halogens is 1. The first-order valence-corrected chi connectivity index (χ1v) is 4.82. The van der Waals surface area contributed by atoms with Gasteiger partial charge in [-0.2, -0.15) is 0 Å². The summed E-state index contributed by atoms with van der Waals surface area (Å²) in [4.78, 5) is 10.5. The summed E-state index contributed by atoms with van der Waals surface area (Å²) in [5.74, 6) is -1.13. The number of fused-ring (bicyclic) bond motifs is 1. The number of aryl methyl sites for hydroxylation is 1. The van der Waals surface area contributed by atoms with Crippen LogP contribution < -0.4 is 56.5 Å². The quantitative estimate of drug-likeness (QED) is 0.632. The second-order valence-corrected chi connectivity index (χ2v) is 3.81. The predicted molar refractivity (Wildman–Crippen MR) is 54.7 cm³/mol. The number of benzene rings is 1. The molecule has 0 fully saturated rings. The predicted octanol–water partition coefficient (Wildman–Crippen LogP) is -1.31. The molecule has 0 unspecified atom stereocenters. The Bertz CT molecular complexity index is 533. The standard InChI is InChI=1S/C11H9ClO3.K/c1-6-2-10-8(4-9(6)12)7(5-15-10)3-11(13)14;/h2,4-5H,3H2,1H3,(H,13,14);/q;+1/p-1. The zero-order valence-corrected chi connectivity index (χ0v) is 12.9. The van der Waals surface area contributed by atoms with Crippen molar-refractivity contribution in [2.24, 2.45) is 0 Å². The van der Waals surface area contributed by atoms with E-state index in [9.17, 15) is 9.90 Å². The molecular formula is C11H8ClKO3. The van der Waals surface area contributed by atoms with Crippen molar-refractivity contribution in [3.05, 3.63) is 34.5 Å². The molecule has 0 bridgehead atoms. The minimum atomic E-state index is -1.13. The monoisotopic (exact) mass is 262 g/mol. The van der Waals surface area contributed by atoms with Gasteiger partial charge < -0.3 is 14.3 Å². The van der Waals surface area contributed by atoms with Crippen LogP contribution in [0.1, 0.15) is 11.1 Å². The molecule has 0 amide bonds. The van der Waals surface area contributed by atoms with Crippen LogP contribution in [0.15, 0.2) is 22.8 Å². The van der Waals surface area contributed by atoms with E-state index in [4.69, 9.17) is 16.0 Å². The Morgan fingerprint density at radius 3 is 2.81 bits per heavy atom. The van der Waals surface area contributed by atoms with Crippen molar-refractivity contribution in [1.82, 2.24) is 0 Å². The summed E-state index contributed by atoms with van der Waals surface area (Å²) in [6.45, 7) is 1.86. The largest absolute Gasteiger partial charge is 1.00 e. The Morgan fingerprint density at radius 2 is 2.19 bits per heavy atom. The fourth-order valence-electron chi connectivity index (χ4n) is 1.49. The van der Waals surface area contributed by atoms with E-state index in [0.29, 0.717) is 16.2 Å². The van der Waals surface area contributed by atoms with E-state index >= 15 is 0 Å². The minimum Gasteiger partial charge on any atom is -0.550 e. The van der Waals surface area contributed by atoms with Gasteiger partial charge in [0.25, 0.3) is 0 Å². The summed E-state index contributed by atoms with van der Waals surface area (Å²) in [5.41, 5.74) is 2.14. The Labute approximate surface area is 140 Å². The van der Waals surface area contributed by atoms with Crippen molar-refractivity contribution in [1.29, 1.82) is 0 Å². The SMILES string of the molecule is Cc1cc2occ(CC(=O)[O-])c2cc1Cl.[K+]. The van der Waals surface area contributed by atoms with E-state index in [1.165, 1.54) is 6.26 Å². The molecular weight excluding hydrogens is 255 g/mol. The smallest absolute Gasteiger partial charge is 0.550 e. The second kappa shape index (κ2) is 5.66. The molecule has 0 saturated heterocycles. The molecule has 0 radical (unpaired) electrons. The van der Waals surface area contributed by atoms with Gasteiger partial charge in [-0.3, -0.25) is 0 Å². The summed E-state index contributed by atoms with van der Waals surface area (Å²) in [6, 6.07) is 3.50. The number of rotatable bonds is 2. The second-order valence-electron chi connectivity index (χ2n) is 3.41. The van der Waals surface area contributed by atoms with Crippen LogP contribution in [-0.4, -0.2) is 5.97 Å². The molecule has 0 aliphatic carbocycles. The van der Waals surface area contributed by atoms with Crippen LogP contribution in [0.5, 0.6) is 0 Å². The maximum absolute atomic E-state index is 10.5. The van der Waals surface area contributed by atoms with Gasteiger partial charge in [-0.1, -0.05) is 11.6 Å². The average molecular weight is 263 g/mol. The van der Waals surface area contributed by atoms with Gasteiger partial charge in [-0.15, -0.1) is 0 Å². The molecule has 0 aliphatic heterocycles. The van der Waals surface area contributed by atoms with E-state index in [2.05, 4.69) is 0 Å². The number of carbonyl (C=O) groups excluding carboxylic acids is 1. The van der Waals surface area contributed by atoms with Gasteiger partial charge in [-0.25, -0.2) is 0 Å². The summed E-state index contributed by atoms with van der Waals surface area (Å²) >= 11 is 5.95. The maximum Gasteiger partial charge on any atom is 1.00 e. The molecule has 1 aromatic carbocycles. The molecule has 5 heteroatoms. The normalized spacial score (nSPS) is 10.1. The molecule has 16 heavy (non-hydrogen) atoms. The molecule has 1 aromatic heterocycles. The van der Waals surface area contributed by atoms with Gasteiger partial charge in [0, 0.05) is 28.4 Å². The van der Waals surface area contributed by atoms with Crippen molar-refractivity contribution in [2.45, 2.75) is 13.3 Å². The van der Waals surface area contributed by atoms with Crippen LogP contribution in [0.3, 0.4) is 0 Å². The molecule has 1 heterocycles. The van der Waals surface area contributed by atoms with Gasteiger partial charge >= 0.3 is 51.4 Å². The van der Waals surface area contributed by atoms with Crippen molar-refractivity contribution in [2.75, 3.05) is 0 Å². The first kappa shape index (κ1) is 14.2. The number of hydrogen-bond acceptors (Lipinski definition) is 3. The van der Waals surface area contributed by atoms with Crippen LogP contribution in [0.25, 0.3) is 11.0 Å². The third kappa shape index (κ3) is 2.88. The number of aliphatic carboxylic acids is 1. The van der Waals surface area contributed by atoms with Crippen LogP contribution in [-0.2, 0) is 11.2 Å². The summed E-state index contributed by atoms with van der Waals surface area (Å²) < 4.78 is 5.24. The van der Waals surface area contributed by atoms with Crippen LogP contribution >= 0.6 is 11.6 Å². The molecule has 2 aromatic rings. The number of furan rings is 1. The fourth-order valence-corrected chi connectivity index (χ4v) is 1.66. The summed E-state index contributed by atoms with van der Waals surface area (Å²) in [6.07, 6.45) is 1.27. The van der Waals surface area contributed by atoms with Crippen LogP contribution in [0.4, 0.5) is 0 Å². The molecule has 0 atom stereocenters. The first-order chi connectivity index (χ1) is 7.08. The average Bonchev–Trinajstić information content (AvgIpc) is 2.49. The van der Waals surface area contributed by atoms with Gasteiger partial charge in [0.2, 0.25) is 0 Å². The van der Waals surface area contributed by atoms with E-state index < -0.39 is 5.97 Å². The zero-order valence-electron chi connectivity index (χ0n) is 9.04. The molecule has 2 rings (SSSR count). The van der Waals surface area contributed by atoms with E-state index in [0.717, 1.165) is 10.9 Å². The molecule has 0 aliphatic rings. The third-order valence-corrected chi connectivity index (χ3v) is 2.68. The van der Waals surface area contributed by atoms with Gasteiger partial charge in [0.05, 0.1) is 6.26 Å². The topological polar surface area (TPSA) is 53.3 Å². The van der Waals surface area contributed by atoms with Crippen LogP contribution in [0, 0.1) is 6.92 Å². The molecule has 0 N–H and O–H groups in total. The van der Waals surface area contributed by atoms with E-state index in [1.807, 2.05) is 6.92 Å². The van der Waals surface area contributed by atoms with E-state index in [1.54, 1.807) is 12.1 Å². The van der Waals surface area contributed by atoms with Gasteiger partial charge in [0.15, 0.2) is 0 Å². The Hall–Kier alpha value is 0.156. The number of carboxylic acids is 1. The van der Waals surface area contributed by atoms with Crippen molar-refractivity contribution in [3.63, 3.8) is 0 Å². The van der Waals surface area contributed by atoms with Gasteiger partial charge in [-0.05, 0) is 24.6 Å². The Morgan fingerprint density at radius 1 is 1.50 bits per heavy atom. The molecule has 78 valence electrons. The Kier molecular flexibility index (Phi) is 5.03. The number of carbonyl (C=O) groups is 1. The zero-order chi connectivity index (χ0) is 11.0. The fraction of sp³-hybridized carbons (Fsp3) is 0.182. The van der Waals surface area contributed by atoms with Crippen molar-refractivity contribution < 1.29 is 65.7 Å². The maximum atomic E-state index is 10.5. The van der Waals surface area contributed by atoms with E-state index in [-0.39, 0.29) is 57.8 Å². The summed E-state index contributed by atoms with van der Waals surface area (Å²) in [5, 5.41) is 11.8. The number of hydrogen-bond donors (Lipinski definition) is 0.